The number of rotatable bonds is 2. The molecular weight excluding hydrogens is 246 g/mol. The van der Waals surface area contributed by atoms with Crippen molar-refractivity contribution in [3.05, 3.63) is 71.8 Å². The first-order chi connectivity index (χ1) is 9.34. The minimum Gasteiger partial charge on any atom is -0.470 e. The maximum Gasteiger partial charge on any atom is 0.253 e. The highest BCUT2D eigenvalue weighted by Gasteiger charge is 2.16. The molecule has 0 fully saturated rings. The fourth-order valence-electron chi connectivity index (χ4n) is 1.70. The zero-order chi connectivity index (χ0) is 13.1. The van der Waals surface area contributed by atoms with Crippen LogP contribution in [0.4, 0.5) is 0 Å². The molecule has 0 radical (unpaired) electrons. The van der Waals surface area contributed by atoms with Gasteiger partial charge in [0, 0.05) is 24.7 Å². The van der Waals surface area contributed by atoms with Crippen LogP contribution < -0.4 is 5.56 Å². The van der Waals surface area contributed by atoms with E-state index in [0.717, 1.165) is 0 Å². The lowest BCUT2D eigenvalue weighted by Gasteiger charge is -2.23. The first-order valence-electron chi connectivity index (χ1n) is 5.69. The molecule has 0 aromatic carbocycles. The van der Waals surface area contributed by atoms with Crippen molar-refractivity contribution in [1.82, 2.24) is 9.47 Å². The highest BCUT2D eigenvalue weighted by molar-refractivity contribution is 5.63. The summed E-state index contributed by atoms with van der Waals surface area (Å²) in [5, 5.41) is 0. The van der Waals surface area contributed by atoms with E-state index >= 15 is 0 Å². The summed E-state index contributed by atoms with van der Waals surface area (Å²) in [5.74, 6) is 0.607. The Morgan fingerprint density at radius 1 is 1.21 bits per heavy atom. The van der Waals surface area contributed by atoms with E-state index in [1.165, 1.54) is 29.4 Å². The molecule has 3 heterocycles. The molecule has 1 aromatic heterocycles. The smallest absolute Gasteiger partial charge is 0.253 e. The molecule has 0 amide bonds. The third kappa shape index (κ3) is 2.28. The van der Waals surface area contributed by atoms with Crippen molar-refractivity contribution < 1.29 is 9.47 Å². The molecule has 1 unspecified atom stereocenters. The molecule has 2 aliphatic rings. The number of pyridine rings is 1. The standard InChI is InChI=1S/C13H11N3O3/c17-12-3-1-2-4-16(12)13-9-14-11(10-19-13)15-5-7-18-8-6-15/h1-10,13H. The van der Waals surface area contributed by atoms with Crippen LogP contribution in [-0.4, -0.2) is 15.7 Å². The van der Waals surface area contributed by atoms with Crippen molar-refractivity contribution in [2.24, 2.45) is 4.99 Å². The maximum atomic E-state index is 11.7. The molecule has 19 heavy (non-hydrogen) atoms. The Morgan fingerprint density at radius 2 is 2.05 bits per heavy atom. The van der Waals surface area contributed by atoms with Gasteiger partial charge in [0.2, 0.25) is 6.23 Å². The third-order valence-corrected chi connectivity index (χ3v) is 2.64. The van der Waals surface area contributed by atoms with Gasteiger partial charge in [0.15, 0.2) is 5.82 Å². The number of ether oxygens (including phenoxy) is 2. The Labute approximate surface area is 109 Å². The van der Waals surface area contributed by atoms with Gasteiger partial charge < -0.3 is 9.47 Å². The summed E-state index contributed by atoms with van der Waals surface area (Å²) in [7, 11) is 0. The Hall–Kier alpha value is -2.76. The fraction of sp³-hybridized carbons (Fsp3) is 0.0769. The van der Waals surface area contributed by atoms with E-state index < -0.39 is 6.23 Å². The maximum absolute atomic E-state index is 11.7. The monoisotopic (exact) mass is 257 g/mol. The molecule has 0 bridgehead atoms. The Morgan fingerprint density at radius 3 is 2.74 bits per heavy atom. The van der Waals surface area contributed by atoms with E-state index in [1.807, 2.05) is 0 Å². The molecule has 6 nitrogen and oxygen atoms in total. The fourth-order valence-corrected chi connectivity index (χ4v) is 1.70. The molecule has 6 heteroatoms. The first-order valence-corrected chi connectivity index (χ1v) is 5.69. The topological polar surface area (TPSA) is 56.1 Å². The molecule has 0 spiro atoms. The van der Waals surface area contributed by atoms with Crippen molar-refractivity contribution >= 4 is 6.21 Å². The van der Waals surface area contributed by atoms with Gasteiger partial charge in [0.05, 0.1) is 6.21 Å². The number of aromatic nitrogens is 1. The van der Waals surface area contributed by atoms with Gasteiger partial charge in [-0.1, -0.05) is 6.07 Å². The number of hydrogen-bond acceptors (Lipinski definition) is 5. The molecule has 2 aliphatic heterocycles. The molecule has 96 valence electrons. The van der Waals surface area contributed by atoms with Crippen LogP contribution in [0.15, 0.2) is 71.2 Å². The van der Waals surface area contributed by atoms with E-state index in [1.54, 1.807) is 41.8 Å². The van der Waals surface area contributed by atoms with Crippen LogP contribution in [-0.2, 0) is 9.47 Å². The molecule has 0 N–H and O–H groups in total. The van der Waals surface area contributed by atoms with Crippen LogP contribution in [0.25, 0.3) is 0 Å². The van der Waals surface area contributed by atoms with Gasteiger partial charge in [-0.2, -0.15) is 0 Å². The number of aliphatic imine (C=N–C) groups is 1. The van der Waals surface area contributed by atoms with Gasteiger partial charge in [0.25, 0.3) is 5.56 Å². The molecule has 0 saturated heterocycles. The summed E-state index contributed by atoms with van der Waals surface area (Å²) in [6.45, 7) is 0. The lowest BCUT2D eigenvalue weighted by molar-refractivity contribution is 0.133. The van der Waals surface area contributed by atoms with E-state index in [-0.39, 0.29) is 5.56 Å². The van der Waals surface area contributed by atoms with Gasteiger partial charge >= 0.3 is 0 Å². The van der Waals surface area contributed by atoms with E-state index in [0.29, 0.717) is 5.82 Å². The van der Waals surface area contributed by atoms with E-state index in [4.69, 9.17) is 9.47 Å². The van der Waals surface area contributed by atoms with Crippen LogP contribution in [0, 0.1) is 0 Å². The number of hydrogen-bond donors (Lipinski definition) is 0. The van der Waals surface area contributed by atoms with Gasteiger partial charge in [-0.05, 0) is 6.07 Å². The normalized spacial score (nSPS) is 20.7. The third-order valence-electron chi connectivity index (χ3n) is 2.64. The summed E-state index contributed by atoms with van der Waals surface area (Å²) >= 11 is 0. The van der Waals surface area contributed by atoms with E-state index in [2.05, 4.69) is 4.99 Å². The average Bonchev–Trinajstić information content (AvgIpc) is 2.49. The van der Waals surface area contributed by atoms with Crippen LogP contribution >= 0.6 is 0 Å². The second-order valence-electron chi connectivity index (χ2n) is 3.84. The summed E-state index contributed by atoms with van der Waals surface area (Å²) in [6, 6.07) is 4.93. The molecule has 0 saturated carbocycles. The van der Waals surface area contributed by atoms with Gasteiger partial charge in [-0.15, -0.1) is 0 Å². The quantitative estimate of drug-likeness (QED) is 0.806. The lowest BCUT2D eigenvalue weighted by atomic mass is 10.4. The second-order valence-corrected chi connectivity index (χ2v) is 3.84. The average molecular weight is 257 g/mol. The largest absolute Gasteiger partial charge is 0.470 e. The Bertz CT molecular complexity index is 631. The predicted octanol–water partition coefficient (Wildman–Crippen LogP) is 1.52. The molecular formula is C13H11N3O3. The predicted molar refractivity (Wildman–Crippen MR) is 68.6 cm³/mol. The molecule has 1 atom stereocenters. The highest BCUT2D eigenvalue weighted by atomic mass is 16.5. The highest BCUT2D eigenvalue weighted by Crippen LogP contribution is 2.18. The van der Waals surface area contributed by atoms with Gasteiger partial charge in [-0.3, -0.25) is 14.3 Å². The Balaban J connectivity index is 1.78. The summed E-state index contributed by atoms with van der Waals surface area (Å²) in [4.78, 5) is 17.7. The van der Waals surface area contributed by atoms with Crippen LogP contribution in [0.5, 0.6) is 0 Å². The van der Waals surface area contributed by atoms with Gasteiger partial charge in [0.1, 0.15) is 18.8 Å². The minimum absolute atomic E-state index is 0.137. The van der Waals surface area contributed by atoms with Crippen molar-refractivity contribution in [3.63, 3.8) is 0 Å². The summed E-state index contributed by atoms with van der Waals surface area (Å²) in [5.41, 5.74) is -0.137. The minimum atomic E-state index is -0.522. The summed E-state index contributed by atoms with van der Waals surface area (Å²) in [6.07, 6.45) is 10.7. The molecule has 1 aromatic rings. The van der Waals surface area contributed by atoms with Crippen LogP contribution in [0.2, 0.25) is 0 Å². The van der Waals surface area contributed by atoms with E-state index in [9.17, 15) is 4.79 Å². The van der Waals surface area contributed by atoms with Crippen molar-refractivity contribution in [1.29, 1.82) is 0 Å². The zero-order valence-electron chi connectivity index (χ0n) is 9.92. The SMILES string of the molecule is O=c1ccccn1C1C=NC(N2C=COC=C2)=CO1. The van der Waals surface area contributed by atoms with Crippen molar-refractivity contribution in [2.45, 2.75) is 6.23 Å². The second kappa shape index (κ2) is 4.85. The Kier molecular flexibility index (Phi) is 2.89. The molecule has 3 rings (SSSR count). The summed E-state index contributed by atoms with van der Waals surface area (Å²) < 4.78 is 11.9. The van der Waals surface area contributed by atoms with Crippen LogP contribution in [0.3, 0.4) is 0 Å². The van der Waals surface area contributed by atoms with Crippen LogP contribution in [0.1, 0.15) is 6.23 Å². The zero-order valence-corrected chi connectivity index (χ0v) is 9.92. The number of nitrogens with zero attached hydrogens (tertiary/aromatic N) is 3. The first kappa shape index (κ1) is 11.3. The van der Waals surface area contributed by atoms with Crippen molar-refractivity contribution in [3.8, 4) is 0 Å². The van der Waals surface area contributed by atoms with Crippen molar-refractivity contribution in [2.75, 3.05) is 0 Å². The van der Waals surface area contributed by atoms with Gasteiger partial charge in [-0.25, -0.2) is 4.99 Å². The molecule has 0 aliphatic carbocycles. The lowest BCUT2D eigenvalue weighted by Crippen LogP contribution is -2.27.